The normalized spacial score (nSPS) is 10.9. The number of aryl methyl sites for hydroxylation is 1. The summed E-state index contributed by atoms with van der Waals surface area (Å²) in [7, 11) is 2.87. The van der Waals surface area contributed by atoms with Gasteiger partial charge in [-0.1, -0.05) is 12.1 Å². The predicted molar refractivity (Wildman–Crippen MR) is 94.7 cm³/mol. The second-order valence-corrected chi connectivity index (χ2v) is 5.91. The number of hydrogen-bond acceptors (Lipinski definition) is 4. The van der Waals surface area contributed by atoms with Crippen LogP contribution in [0.3, 0.4) is 0 Å². The van der Waals surface area contributed by atoms with Crippen LogP contribution >= 0.6 is 0 Å². The molecule has 2 aromatic heterocycles. The number of rotatable bonds is 4. The highest BCUT2D eigenvalue weighted by Gasteiger charge is 2.13. The Hall–Kier alpha value is -3.29. The van der Waals surface area contributed by atoms with Crippen molar-refractivity contribution in [2.24, 2.45) is 14.1 Å². The quantitative estimate of drug-likeness (QED) is 0.747. The number of pyridine rings is 1. The molecule has 0 saturated carbocycles. The fourth-order valence-electron chi connectivity index (χ4n) is 2.68. The van der Waals surface area contributed by atoms with E-state index in [0.29, 0.717) is 13.0 Å². The first-order valence-electron chi connectivity index (χ1n) is 7.98. The van der Waals surface area contributed by atoms with Gasteiger partial charge in [-0.2, -0.15) is 0 Å². The molecule has 0 bridgehead atoms. The molecule has 26 heavy (non-hydrogen) atoms. The molecular formula is C18H17FN4O3. The average Bonchev–Trinajstić information content (AvgIpc) is 2.64. The van der Waals surface area contributed by atoms with Crippen LogP contribution in [0.5, 0.6) is 0 Å². The minimum absolute atomic E-state index is 0.0972. The molecule has 1 N–H and O–H groups in total. The van der Waals surface area contributed by atoms with E-state index >= 15 is 0 Å². The molecule has 0 atom stereocenters. The van der Waals surface area contributed by atoms with Gasteiger partial charge >= 0.3 is 5.69 Å². The van der Waals surface area contributed by atoms with Crippen molar-refractivity contribution in [2.75, 3.05) is 6.54 Å². The molecule has 0 unspecified atom stereocenters. The molecule has 0 radical (unpaired) electrons. The Kier molecular flexibility index (Phi) is 4.66. The summed E-state index contributed by atoms with van der Waals surface area (Å²) in [6.45, 7) is 0.303. The smallest absolute Gasteiger partial charge is 0.332 e. The minimum atomic E-state index is -0.515. The Bertz CT molecular complexity index is 1120. The minimum Gasteiger partial charge on any atom is -0.350 e. The highest BCUT2D eigenvalue weighted by molar-refractivity contribution is 5.94. The van der Waals surface area contributed by atoms with Crippen LogP contribution in [-0.2, 0) is 20.5 Å². The van der Waals surface area contributed by atoms with E-state index in [9.17, 15) is 18.8 Å². The van der Waals surface area contributed by atoms with E-state index in [1.165, 1.54) is 42.9 Å². The molecular weight excluding hydrogens is 339 g/mol. The van der Waals surface area contributed by atoms with Gasteiger partial charge in [-0.15, -0.1) is 0 Å². The molecule has 1 aromatic carbocycles. The lowest BCUT2D eigenvalue weighted by molar-refractivity contribution is 0.0949. The van der Waals surface area contributed by atoms with E-state index in [-0.39, 0.29) is 22.5 Å². The topological polar surface area (TPSA) is 86.0 Å². The van der Waals surface area contributed by atoms with Crippen LogP contribution in [0, 0.1) is 5.82 Å². The van der Waals surface area contributed by atoms with E-state index in [1.807, 2.05) is 0 Å². The fourth-order valence-corrected chi connectivity index (χ4v) is 2.68. The summed E-state index contributed by atoms with van der Waals surface area (Å²) in [6, 6.07) is 9.06. The van der Waals surface area contributed by atoms with Gasteiger partial charge in [-0.25, -0.2) is 14.2 Å². The molecule has 0 spiro atoms. The zero-order valence-electron chi connectivity index (χ0n) is 14.3. The number of carbonyl (C=O) groups excluding carboxylic acids is 1. The van der Waals surface area contributed by atoms with Gasteiger partial charge in [-0.05, 0) is 36.2 Å². The summed E-state index contributed by atoms with van der Waals surface area (Å²) in [4.78, 5) is 40.5. The maximum Gasteiger partial charge on any atom is 0.332 e. The van der Waals surface area contributed by atoms with Gasteiger partial charge in [0.25, 0.3) is 11.5 Å². The largest absolute Gasteiger partial charge is 0.350 e. The number of carbonyl (C=O) groups is 1. The number of nitrogens with zero attached hydrogens (tertiary/aromatic N) is 3. The third kappa shape index (κ3) is 3.26. The zero-order valence-corrected chi connectivity index (χ0v) is 14.3. The van der Waals surface area contributed by atoms with Gasteiger partial charge in [0.2, 0.25) is 0 Å². The van der Waals surface area contributed by atoms with E-state index in [2.05, 4.69) is 10.3 Å². The number of halogens is 1. The average molecular weight is 356 g/mol. The van der Waals surface area contributed by atoms with Crippen molar-refractivity contribution in [2.45, 2.75) is 6.42 Å². The zero-order chi connectivity index (χ0) is 18.8. The van der Waals surface area contributed by atoms with Crippen molar-refractivity contribution in [3.05, 3.63) is 74.3 Å². The summed E-state index contributed by atoms with van der Waals surface area (Å²) in [5.41, 5.74) is 0.0332. The van der Waals surface area contributed by atoms with Crippen molar-refractivity contribution < 1.29 is 9.18 Å². The van der Waals surface area contributed by atoms with Gasteiger partial charge in [0.15, 0.2) is 0 Å². The summed E-state index contributed by atoms with van der Waals surface area (Å²) < 4.78 is 15.4. The molecule has 0 saturated heterocycles. The summed E-state index contributed by atoms with van der Waals surface area (Å²) in [6.07, 6.45) is 0.468. The van der Waals surface area contributed by atoms with Crippen LogP contribution in [0.2, 0.25) is 0 Å². The molecule has 0 aliphatic rings. The molecule has 3 aromatic rings. The first kappa shape index (κ1) is 17.5. The monoisotopic (exact) mass is 356 g/mol. The van der Waals surface area contributed by atoms with Crippen molar-refractivity contribution in [3.8, 4) is 0 Å². The van der Waals surface area contributed by atoms with Crippen molar-refractivity contribution in [3.63, 3.8) is 0 Å². The Balaban J connectivity index is 1.81. The maximum atomic E-state index is 13.1. The first-order chi connectivity index (χ1) is 12.4. The number of amides is 1. The summed E-state index contributed by atoms with van der Waals surface area (Å²) >= 11 is 0. The lowest BCUT2D eigenvalue weighted by Crippen LogP contribution is -2.37. The molecule has 7 nitrogen and oxygen atoms in total. The number of nitrogens with one attached hydrogen (secondary N) is 1. The standard InChI is InChI=1S/C18H17FN4O3/c1-22-15-13(17(25)23(2)18(22)26)6-7-14(21-15)16(24)20-9-8-11-4-3-5-12(19)10-11/h3-7,10H,8-9H2,1-2H3,(H,20,24). The van der Waals surface area contributed by atoms with E-state index in [1.54, 1.807) is 12.1 Å². The van der Waals surface area contributed by atoms with Crippen LogP contribution in [0.4, 0.5) is 4.39 Å². The predicted octanol–water partition coefficient (Wildman–Crippen LogP) is 0.744. The molecule has 0 aliphatic carbocycles. The maximum absolute atomic E-state index is 13.1. The first-order valence-corrected chi connectivity index (χ1v) is 7.98. The molecule has 0 aliphatic heterocycles. The number of fused-ring (bicyclic) bond motifs is 1. The summed E-state index contributed by atoms with van der Waals surface area (Å²) in [5, 5.41) is 2.95. The lowest BCUT2D eigenvalue weighted by atomic mass is 10.1. The van der Waals surface area contributed by atoms with Crippen LogP contribution < -0.4 is 16.6 Å². The second kappa shape index (κ2) is 6.91. The molecule has 134 valence electrons. The molecule has 1 amide bonds. The van der Waals surface area contributed by atoms with E-state index in [4.69, 9.17) is 0 Å². The molecule has 0 fully saturated rings. The second-order valence-electron chi connectivity index (χ2n) is 5.91. The number of benzene rings is 1. The van der Waals surface area contributed by atoms with Crippen molar-refractivity contribution in [1.82, 2.24) is 19.4 Å². The highest BCUT2D eigenvalue weighted by atomic mass is 19.1. The highest BCUT2D eigenvalue weighted by Crippen LogP contribution is 2.07. The molecule has 2 heterocycles. The third-order valence-corrected chi connectivity index (χ3v) is 4.12. The number of hydrogen-bond donors (Lipinski definition) is 1. The van der Waals surface area contributed by atoms with Crippen LogP contribution in [-0.4, -0.2) is 26.6 Å². The van der Waals surface area contributed by atoms with Gasteiger partial charge < -0.3 is 5.32 Å². The van der Waals surface area contributed by atoms with Gasteiger partial charge in [0, 0.05) is 20.6 Å². The fraction of sp³-hybridized carbons (Fsp3) is 0.222. The van der Waals surface area contributed by atoms with Gasteiger partial charge in [0.05, 0.1) is 5.39 Å². The third-order valence-electron chi connectivity index (χ3n) is 4.12. The Morgan fingerprint density at radius 2 is 1.92 bits per heavy atom. The van der Waals surface area contributed by atoms with Crippen molar-refractivity contribution in [1.29, 1.82) is 0 Å². The van der Waals surface area contributed by atoms with Crippen LogP contribution in [0.25, 0.3) is 11.0 Å². The SMILES string of the molecule is Cn1c(=O)c2ccc(C(=O)NCCc3cccc(F)c3)nc2n(C)c1=O. The van der Waals surface area contributed by atoms with E-state index < -0.39 is 17.2 Å². The van der Waals surface area contributed by atoms with Gasteiger partial charge in [-0.3, -0.25) is 18.7 Å². The van der Waals surface area contributed by atoms with Gasteiger partial charge in [0.1, 0.15) is 17.2 Å². The molecule has 8 heteroatoms. The number of aromatic nitrogens is 3. The summed E-state index contributed by atoms with van der Waals surface area (Å²) in [5.74, 6) is -0.760. The Labute approximate surface area is 147 Å². The Morgan fingerprint density at radius 3 is 2.65 bits per heavy atom. The van der Waals surface area contributed by atoms with E-state index in [0.717, 1.165) is 10.1 Å². The van der Waals surface area contributed by atoms with Crippen molar-refractivity contribution >= 4 is 16.9 Å². The lowest BCUT2D eigenvalue weighted by Gasteiger charge is -2.09. The van der Waals surface area contributed by atoms with Crippen LogP contribution in [0.1, 0.15) is 16.1 Å². The van der Waals surface area contributed by atoms with Crippen LogP contribution in [0.15, 0.2) is 46.0 Å². The molecule has 3 rings (SSSR count). The Morgan fingerprint density at radius 1 is 1.15 bits per heavy atom.